The van der Waals surface area contributed by atoms with Crippen LogP contribution in [0.25, 0.3) is 10.9 Å². The van der Waals surface area contributed by atoms with Crippen LogP contribution in [0.5, 0.6) is 0 Å². The maximum absolute atomic E-state index is 12.2. The number of hydrogen-bond acceptors (Lipinski definition) is 2. The first-order valence-corrected chi connectivity index (χ1v) is 6.65. The standard InChI is InChI=1S/C15H19N3O2/c1-9(2)7-12(14(16)19)18-15(20)13-8-10-5-3-4-6-11(10)17-13/h3-6,8-9,12,17H,7H2,1-2H3,(H2,16,19)(H,18,20)/t12-/m0/s1. The van der Waals surface area contributed by atoms with Crippen molar-refractivity contribution in [2.45, 2.75) is 26.3 Å². The molecular weight excluding hydrogens is 254 g/mol. The highest BCUT2D eigenvalue weighted by Crippen LogP contribution is 2.15. The van der Waals surface area contributed by atoms with Gasteiger partial charge in [-0.2, -0.15) is 0 Å². The summed E-state index contributed by atoms with van der Waals surface area (Å²) in [5.41, 5.74) is 6.64. The molecule has 2 aromatic rings. The lowest BCUT2D eigenvalue weighted by atomic mass is 10.0. The van der Waals surface area contributed by atoms with Crippen LogP contribution in [0.1, 0.15) is 30.8 Å². The SMILES string of the molecule is CC(C)C[C@H](NC(=O)c1cc2ccccc2[nH]1)C(N)=O. The van der Waals surface area contributed by atoms with E-state index < -0.39 is 11.9 Å². The average molecular weight is 273 g/mol. The highest BCUT2D eigenvalue weighted by Gasteiger charge is 2.20. The van der Waals surface area contributed by atoms with Crippen molar-refractivity contribution in [1.82, 2.24) is 10.3 Å². The molecule has 0 aliphatic carbocycles. The fourth-order valence-corrected chi connectivity index (χ4v) is 2.15. The fourth-order valence-electron chi connectivity index (χ4n) is 2.15. The molecule has 2 amide bonds. The van der Waals surface area contributed by atoms with E-state index in [0.717, 1.165) is 10.9 Å². The Morgan fingerprint density at radius 2 is 2.00 bits per heavy atom. The minimum absolute atomic E-state index is 0.274. The topological polar surface area (TPSA) is 88.0 Å². The number of amides is 2. The van der Waals surface area contributed by atoms with Crippen molar-refractivity contribution in [3.63, 3.8) is 0 Å². The lowest BCUT2D eigenvalue weighted by molar-refractivity contribution is -0.120. The monoisotopic (exact) mass is 273 g/mol. The summed E-state index contributed by atoms with van der Waals surface area (Å²) in [6, 6.07) is 8.73. The molecule has 0 fully saturated rings. The molecule has 0 saturated carbocycles. The third kappa shape index (κ3) is 3.17. The number of nitrogens with one attached hydrogen (secondary N) is 2. The van der Waals surface area contributed by atoms with Gasteiger partial charge < -0.3 is 16.0 Å². The smallest absolute Gasteiger partial charge is 0.268 e. The molecule has 0 spiro atoms. The van der Waals surface area contributed by atoms with Crippen LogP contribution in [0.4, 0.5) is 0 Å². The van der Waals surface area contributed by atoms with Gasteiger partial charge in [0.2, 0.25) is 5.91 Å². The molecule has 0 saturated heterocycles. The summed E-state index contributed by atoms with van der Waals surface area (Å²) in [6.07, 6.45) is 0.529. The Kier molecular flexibility index (Phi) is 4.08. The third-order valence-corrected chi connectivity index (χ3v) is 3.13. The van der Waals surface area contributed by atoms with E-state index >= 15 is 0 Å². The second kappa shape index (κ2) is 5.77. The number of carbonyl (C=O) groups is 2. The number of primary amides is 1. The molecule has 1 aromatic carbocycles. The van der Waals surface area contributed by atoms with E-state index in [-0.39, 0.29) is 11.8 Å². The molecule has 1 aromatic heterocycles. The maximum Gasteiger partial charge on any atom is 0.268 e. The second-order valence-corrected chi connectivity index (χ2v) is 5.33. The van der Waals surface area contributed by atoms with E-state index in [1.54, 1.807) is 6.07 Å². The van der Waals surface area contributed by atoms with Crippen molar-refractivity contribution in [1.29, 1.82) is 0 Å². The normalized spacial score (nSPS) is 12.6. The van der Waals surface area contributed by atoms with Crippen LogP contribution in [-0.2, 0) is 4.79 Å². The van der Waals surface area contributed by atoms with Crippen LogP contribution >= 0.6 is 0 Å². The minimum atomic E-state index is -0.645. The minimum Gasteiger partial charge on any atom is -0.368 e. The zero-order chi connectivity index (χ0) is 14.7. The number of benzene rings is 1. The Morgan fingerprint density at radius 3 is 2.60 bits per heavy atom. The molecule has 0 aliphatic rings. The predicted molar refractivity (Wildman–Crippen MR) is 78.2 cm³/mol. The van der Waals surface area contributed by atoms with Crippen LogP contribution in [0.2, 0.25) is 0 Å². The molecule has 5 nitrogen and oxygen atoms in total. The first-order valence-electron chi connectivity index (χ1n) is 6.65. The molecular formula is C15H19N3O2. The van der Waals surface area contributed by atoms with Crippen molar-refractivity contribution in [2.75, 3.05) is 0 Å². The molecule has 0 aliphatic heterocycles. The summed E-state index contributed by atoms with van der Waals surface area (Å²) in [6.45, 7) is 3.95. The largest absolute Gasteiger partial charge is 0.368 e. The van der Waals surface area contributed by atoms with Gasteiger partial charge in [0.1, 0.15) is 11.7 Å². The van der Waals surface area contributed by atoms with Gasteiger partial charge in [0, 0.05) is 10.9 Å². The second-order valence-electron chi connectivity index (χ2n) is 5.33. The zero-order valence-corrected chi connectivity index (χ0v) is 11.6. The summed E-state index contributed by atoms with van der Waals surface area (Å²) >= 11 is 0. The number of aromatic nitrogens is 1. The van der Waals surface area contributed by atoms with Crippen LogP contribution in [0.15, 0.2) is 30.3 Å². The van der Waals surface area contributed by atoms with E-state index in [1.807, 2.05) is 38.1 Å². The number of aromatic amines is 1. The quantitative estimate of drug-likeness (QED) is 0.775. The molecule has 2 rings (SSSR count). The molecule has 0 unspecified atom stereocenters. The lowest BCUT2D eigenvalue weighted by Gasteiger charge is -2.16. The Hall–Kier alpha value is -2.30. The number of nitrogens with two attached hydrogens (primary N) is 1. The van der Waals surface area contributed by atoms with Crippen molar-refractivity contribution in [3.8, 4) is 0 Å². The summed E-state index contributed by atoms with van der Waals surface area (Å²) in [4.78, 5) is 26.6. The summed E-state index contributed by atoms with van der Waals surface area (Å²) < 4.78 is 0. The Labute approximate surface area is 117 Å². The Morgan fingerprint density at radius 1 is 1.30 bits per heavy atom. The van der Waals surface area contributed by atoms with E-state index in [2.05, 4.69) is 10.3 Å². The Bertz CT molecular complexity index is 598. The highest BCUT2D eigenvalue weighted by molar-refractivity contribution is 6.00. The number of para-hydroxylation sites is 1. The average Bonchev–Trinajstić information content (AvgIpc) is 2.81. The van der Waals surface area contributed by atoms with Gasteiger partial charge in [-0.05, 0) is 24.5 Å². The maximum atomic E-state index is 12.2. The summed E-state index contributed by atoms with van der Waals surface area (Å²) in [5, 5.41) is 3.64. The van der Waals surface area contributed by atoms with Crippen molar-refractivity contribution >= 4 is 22.7 Å². The number of carbonyl (C=O) groups excluding carboxylic acids is 2. The van der Waals surface area contributed by atoms with E-state index in [0.29, 0.717) is 12.1 Å². The van der Waals surface area contributed by atoms with Gasteiger partial charge in [0.05, 0.1) is 0 Å². The Balaban J connectivity index is 2.15. The zero-order valence-electron chi connectivity index (χ0n) is 11.6. The van der Waals surface area contributed by atoms with Crippen LogP contribution in [0, 0.1) is 5.92 Å². The summed E-state index contributed by atoms with van der Waals surface area (Å²) in [5.74, 6) is -0.552. The van der Waals surface area contributed by atoms with E-state index in [9.17, 15) is 9.59 Å². The van der Waals surface area contributed by atoms with Gasteiger partial charge in [0.25, 0.3) is 5.91 Å². The lowest BCUT2D eigenvalue weighted by Crippen LogP contribution is -2.45. The molecule has 1 heterocycles. The van der Waals surface area contributed by atoms with Crippen molar-refractivity contribution in [3.05, 3.63) is 36.0 Å². The van der Waals surface area contributed by atoms with Crippen LogP contribution in [0.3, 0.4) is 0 Å². The van der Waals surface area contributed by atoms with Gasteiger partial charge >= 0.3 is 0 Å². The van der Waals surface area contributed by atoms with Gasteiger partial charge in [-0.15, -0.1) is 0 Å². The first kappa shape index (κ1) is 14.1. The van der Waals surface area contributed by atoms with Crippen LogP contribution < -0.4 is 11.1 Å². The van der Waals surface area contributed by atoms with Gasteiger partial charge in [-0.25, -0.2) is 0 Å². The summed E-state index contributed by atoms with van der Waals surface area (Å²) in [7, 11) is 0. The number of fused-ring (bicyclic) bond motifs is 1. The molecule has 106 valence electrons. The van der Waals surface area contributed by atoms with Crippen molar-refractivity contribution < 1.29 is 9.59 Å². The fraction of sp³-hybridized carbons (Fsp3) is 0.333. The van der Waals surface area contributed by atoms with Crippen molar-refractivity contribution in [2.24, 2.45) is 11.7 Å². The molecule has 4 N–H and O–H groups in total. The number of hydrogen-bond donors (Lipinski definition) is 3. The molecule has 20 heavy (non-hydrogen) atoms. The highest BCUT2D eigenvalue weighted by atomic mass is 16.2. The molecule has 0 radical (unpaired) electrons. The molecule has 0 bridgehead atoms. The number of H-pyrrole nitrogens is 1. The molecule has 5 heteroatoms. The van der Waals surface area contributed by atoms with Gasteiger partial charge in [0.15, 0.2) is 0 Å². The number of rotatable bonds is 5. The van der Waals surface area contributed by atoms with Gasteiger partial charge in [-0.3, -0.25) is 9.59 Å². The molecule has 1 atom stereocenters. The van der Waals surface area contributed by atoms with Crippen LogP contribution in [-0.4, -0.2) is 22.8 Å². The predicted octanol–water partition coefficient (Wildman–Crippen LogP) is 1.80. The third-order valence-electron chi connectivity index (χ3n) is 3.13. The first-order chi connectivity index (χ1) is 9.47. The van der Waals surface area contributed by atoms with E-state index in [4.69, 9.17) is 5.73 Å². The van der Waals surface area contributed by atoms with Gasteiger partial charge in [-0.1, -0.05) is 32.0 Å². The van der Waals surface area contributed by atoms with E-state index in [1.165, 1.54) is 0 Å².